The third kappa shape index (κ3) is 6.20. The first-order chi connectivity index (χ1) is 13.8. The Hall–Kier alpha value is -3.62. The summed E-state index contributed by atoms with van der Waals surface area (Å²) in [6, 6.07) is 9.62. The molecule has 8 nitrogen and oxygen atoms in total. The summed E-state index contributed by atoms with van der Waals surface area (Å²) in [4.78, 5) is 35.1. The Kier molecular flexibility index (Phi) is 7.53. The molecule has 0 bridgehead atoms. The highest BCUT2D eigenvalue weighted by atomic mass is 19.1. The van der Waals surface area contributed by atoms with Gasteiger partial charge >= 0.3 is 12.0 Å². The van der Waals surface area contributed by atoms with Gasteiger partial charge in [-0.05, 0) is 48.9 Å². The molecule has 0 fully saturated rings. The number of nitrogens with one attached hydrogen (secondary N) is 3. The number of hydrogen-bond acceptors (Lipinski definition) is 5. The standard InChI is InChI=1S/C20H22FN3O5/c1-12(14-6-9-17(28-2)16(21)10-14)23-20(27)24-15-7-4-13(5-8-15)19(26)22-11-18(25)29-3/h4-10,12H,11H2,1-3H3,(H,22,26)(H2,23,24,27). The molecular weight excluding hydrogens is 381 g/mol. The normalized spacial score (nSPS) is 11.2. The minimum atomic E-state index is -0.556. The third-order valence-electron chi connectivity index (χ3n) is 4.05. The van der Waals surface area contributed by atoms with E-state index in [1.54, 1.807) is 25.1 Å². The molecule has 0 aliphatic heterocycles. The van der Waals surface area contributed by atoms with Crippen molar-refractivity contribution in [2.24, 2.45) is 0 Å². The van der Waals surface area contributed by atoms with Gasteiger partial charge < -0.3 is 25.4 Å². The van der Waals surface area contributed by atoms with Gasteiger partial charge in [0.1, 0.15) is 6.54 Å². The van der Waals surface area contributed by atoms with Crippen LogP contribution in [0.4, 0.5) is 14.9 Å². The van der Waals surface area contributed by atoms with Gasteiger partial charge in [-0.1, -0.05) is 6.07 Å². The minimum Gasteiger partial charge on any atom is -0.494 e. The largest absolute Gasteiger partial charge is 0.494 e. The van der Waals surface area contributed by atoms with E-state index >= 15 is 0 Å². The average molecular weight is 403 g/mol. The fourth-order valence-corrected chi connectivity index (χ4v) is 2.43. The quantitative estimate of drug-likeness (QED) is 0.617. The minimum absolute atomic E-state index is 0.126. The summed E-state index contributed by atoms with van der Waals surface area (Å²) in [6.07, 6.45) is 0. The molecule has 9 heteroatoms. The van der Waals surface area contributed by atoms with Crippen LogP contribution in [-0.4, -0.2) is 38.7 Å². The molecule has 154 valence electrons. The van der Waals surface area contributed by atoms with E-state index in [4.69, 9.17) is 4.74 Å². The van der Waals surface area contributed by atoms with Crippen molar-refractivity contribution in [3.8, 4) is 5.75 Å². The first-order valence-electron chi connectivity index (χ1n) is 8.70. The smallest absolute Gasteiger partial charge is 0.325 e. The topological polar surface area (TPSA) is 106 Å². The molecule has 0 saturated heterocycles. The Morgan fingerprint density at radius 2 is 1.76 bits per heavy atom. The summed E-state index contributed by atoms with van der Waals surface area (Å²) >= 11 is 0. The number of amides is 3. The van der Waals surface area contributed by atoms with Crippen molar-refractivity contribution in [1.82, 2.24) is 10.6 Å². The molecule has 0 spiro atoms. The zero-order valence-electron chi connectivity index (χ0n) is 16.2. The lowest BCUT2D eigenvalue weighted by Gasteiger charge is -2.16. The van der Waals surface area contributed by atoms with Crippen LogP contribution in [0.15, 0.2) is 42.5 Å². The van der Waals surface area contributed by atoms with Gasteiger partial charge in [-0.15, -0.1) is 0 Å². The van der Waals surface area contributed by atoms with Crippen molar-refractivity contribution in [3.05, 3.63) is 59.4 Å². The number of urea groups is 1. The Morgan fingerprint density at radius 1 is 1.07 bits per heavy atom. The molecule has 0 saturated carbocycles. The Labute approximate surface area is 167 Å². The summed E-state index contributed by atoms with van der Waals surface area (Å²) < 4.78 is 23.1. The van der Waals surface area contributed by atoms with Crippen molar-refractivity contribution in [3.63, 3.8) is 0 Å². The second kappa shape index (κ2) is 10.1. The van der Waals surface area contributed by atoms with Gasteiger partial charge in [0.15, 0.2) is 11.6 Å². The van der Waals surface area contributed by atoms with Crippen molar-refractivity contribution in [1.29, 1.82) is 0 Å². The Bertz CT molecular complexity index is 886. The number of benzene rings is 2. The number of carbonyl (C=O) groups is 3. The molecule has 0 radical (unpaired) electrons. The summed E-state index contributed by atoms with van der Waals surface area (Å²) in [7, 11) is 2.60. The van der Waals surface area contributed by atoms with Gasteiger partial charge in [0.25, 0.3) is 5.91 Å². The number of hydrogen-bond donors (Lipinski definition) is 3. The molecule has 29 heavy (non-hydrogen) atoms. The van der Waals surface area contributed by atoms with Crippen LogP contribution in [0, 0.1) is 5.82 Å². The second-order valence-corrected chi connectivity index (χ2v) is 6.05. The van der Waals surface area contributed by atoms with E-state index in [-0.39, 0.29) is 12.3 Å². The lowest BCUT2D eigenvalue weighted by molar-refractivity contribution is -0.139. The first kappa shape index (κ1) is 21.7. The highest BCUT2D eigenvalue weighted by molar-refractivity contribution is 5.97. The summed E-state index contributed by atoms with van der Waals surface area (Å²) in [5, 5.41) is 7.74. The van der Waals surface area contributed by atoms with Gasteiger partial charge in [-0.3, -0.25) is 9.59 Å². The van der Waals surface area contributed by atoms with Gasteiger partial charge in [0, 0.05) is 11.3 Å². The number of esters is 1. The SMILES string of the molecule is COC(=O)CNC(=O)c1ccc(NC(=O)NC(C)c2ccc(OC)c(F)c2)cc1. The van der Waals surface area contributed by atoms with Crippen LogP contribution in [0.2, 0.25) is 0 Å². The predicted molar refractivity (Wildman–Crippen MR) is 104 cm³/mol. The number of rotatable bonds is 7. The van der Waals surface area contributed by atoms with E-state index in [0.717, 1.165) is 0 Å². The number of halogens is 1. The summed E-state index contributed by atoms with van der Waals surface area (Å²) in [6.45, 7) is 1.48. The van der Waals surface area contributed by atoms with Crippen molar-refractivity contribution in [2.45, 2.75) is 13.0 Å². The molecule has 3 amide bonds. The molecule has 2 rings (SSSR count). The molecule has 0 aromatic heterocycles. The van der Waals surface area contributed by atoms with Gasteiger partial charge in [-0.2, -0.15) is 0 Å². The highest BCUT2D eigenvalue weighted by Gasteiger charge is 2.13. The molecule has 1 unspecified atom stereocenters. The van der Waals surface area contributed by atoms with Crippen LogP contribution in [-0.2, 0) is 9.53 Å². The Morgan fingerprint density at radius 3 is 2.34 bits per heavy atom. The van der Waals surface area contributed by atoms with Gasteiger partial charge in [-0.25, -0.2) is 9.18 Å². The number of methoxy groups -OCH3 is 2. The van der Waals surface area contributed by atoms with Crippen LogP contribution in [0.1, 0.15) is 28.9 Å². The lowest BCUT2D eigenvalue weighted by atomic mass is 10.1. The summed E-state index contributed by atoms with van der Waals surface area (Å²) in [5.41, 5.74) is 1.36. The number of anilines is 1. The zero-order chi connectivity index (χ0) is 21.4. The molecular formula is C20H22FN3O5. The van der Waals surface area contributed by atoms with Crippen molar-refractivity contribution in [2.75, 3.05) is 26.1 Å². The summed E-state index contributed by atoms with van der Waals surface area (Å²) in [5.74, 6) is -1.39. The van der Waals surface area contributed by atoms with Gasteiger partial charge in [0.2, 0.25) is 0 Å². The predicted octanol–water partition coefficient (Wildman–Crippen LogP) is 2.62. The van der Waals surface area contributed by atoms with Crippen LogP contribution in [0.3, 0.4) is 0 Å². The first-order valence-corrected chi connectivity index (χ1v) is 8.70. The van der Waals surface area contributed by atoms with E-state index in [0.29, 0.717) is 16.8 Å². The maximum absolute atomic E-state index is 13.8. The van der Waals surface area contributed by atoms with E-state index < -0.39 is 29.8 Å². The van der Waals surface area contributed by atoms with Crippen molar-refractivity contribution >= 4 is 23.6 Å². The van der Waals surface area contributed by atoms with Crippen molar-refractivity contribution < 1.29 is 28.2 Å². The maximum atomic E-state index is 13.8. The molecule has 0 aliphatic rings. The van der Waals surface area contributed by atoms with Crippen LogP contribution in [0.25, 0.3) is 0 Å². The number of ether oxygens (including phenoxy) is 2. The number of carbonyl (C=O) groups excluding carboxylic acids is 3. The van der Waals surface area contributed by atoms with Gasteiger partial charge in [0.05, 0.1) is 20.3 Å². The molecule has 2 aromatic carbocycles. The van der Waals surface area contributed by atoms with Crippen LogP contribution in [0.5, 0.6) is 5.75 Å². The monoisotopic (exact) mass is 403 g/mol. The Balaban J connectivity index is 1.91. The fourth-order valence-electron chi connectivity index (χ4n) is 2.43. The molecule has 0 heterocycles. The lowest BCUT2D eigenvalue weighted by Crippen LogP contribution is -2.31. The highest BCUT2D eigenvalue weighted by Crippen LogP contribution is 2.21. The maximum Gasteiger partial charge on any atom is 0.325 e. The molecule has 2 aromatic rings. The second-order valence-electron chi connectivity index (χ2n) is 6.05. The molecule has 3 N–H and O–H groups in total. The zero-order valence-corrected chi connectivity index (χ0v) is 16.2. The van der Waals surface area contributed by atoms with E-state index in [1.807, 2.05) is 0 Å². The fraction of sp³-hybridized carbons (Fsp3) is 0.250. The van der Waals surface area contributed by atoms with E-state index in [1.165, 1.54) is 38.5 Å². The van der Waals surface area contributed by atoms with E-state index in [2.05, 4.69) is 20.7 Å². The third-order valence-corrected chi connectivity index (χ3v) is 4.05. The van der Waals surface area contributed by atoms with E-state index in [9.17, 15) is 18.8 Å². The molecule has 0 aliphatic carbocycles. The molecule has 1 atom stereocenters. The van der Waals surface area contributed by atoms with Crippen LogP contribution >= 0.6 is 0 Å². The average Bonchev–Trinajstić information content (AvgIpc) is 2.71. The van der Waals surface area contributed by atoms with Crippen LogP contribution < -0.4 is 20.7 Å².